The minimum absolute atomic E-state index is 0.102. The minimum atomic E-state index is -0.102. The van der Waals surface area contributed by atoms with E-state index in [2.05, 4.69) is 25.7 Å². The first-order valence-corrected chi connectivity index (χ1v) is 10.4. The molecule has 0 saturated heterocycles. The third kappa shape index (κ3) is 3.94. The lowest BCUT2D eigenvalue weighted by molar-refractivity contribution is -0.116. The molecule has 2 aromatic heterocycles. The molecule has 0 unspecified atom stereocenters. The van der Waals surface area contributed by atoms with E-state index in [0.717, 1.165) is 15.8 Å². The number of rotatable bonds is 6. The Kier molecular flexibility index (Phi) is 4.98. The topological polar surface area (TPSA) is 104 Å². The van der Waals surface area contributed by atoms with Crippen LogP contribution in [0.15, 0.2) is 42.5 Å². The van der Waals surface area contributed by atoms with Crippen molar-refractivity contribution in [3.05, 3.63) is 42.5 Å². The van der Waals surface area contributed by atoms with Crippen LogP contribution in [0.1, 0.15) is 12.8 Å². The maximum Gasteiger partial charge on any atom is 0.226 e. The quantitative estimate of drug-likeness (QED) is 0.509. The Bertz CT molecular complexity index is 1150. The molecule has 1 N–H and O–H groups in total. The predicted octanol–water partition coefficient (Wildman–Crippen LogP) is 3.14. The van der Waals surface area contributed by atoms with E-state index in [0.29, 0.717) is 55.1 Å². The second kappa shape index (κ2) is 8.07. The lowest BCUT2D eigenvalue weighted by Gasteiger charge is -2.17. The molecule has 1 aliphatic rings. The van der Waals surface area contributed by atoms with Crippen LogP contribution in [0.5, 0.6) is 11.5 Å². The number of thiazole rings is 1. The van der Waals surface area contributed by atoms with Gasteiger partial charge in [-0.2, -0.15) is 4.80 Å². The number of aromatic nitrogens is 5. The van der Waals surface area contributed by atoms with Crippen LogP contribution in [0.2, 0.25) is 0 Å². The van der Waals surface area contributed by atoms with Gasteiger partial charge in [-0.05, 0) is 11.6 Å². The molecule has 1 amide bonds. The van der Waals surface area contributed by atoms with Gasteiger partial charge in [-0.25, -0.2) is 4.98 Å². The van der Waals surface area contributed by atoms with Crippen molar-refractivity contribution in [2.45, 2.75) is 19.4 Å². The maximum absolute atomic E-state index is 12.3. The maximum atomic E-state index is 12.3. The van der Waals surface area contributed by atoms with E-state index in [1.54, 1.807) is 0 Å². The van der Waals surface area contributed by atoms with Crippen LogP contribution in [-0.2, 0) is 11.3 Å². The lowest BCUT2D eigenvalue weighted by Crippen LogP contribution is -2.15. The second-order valence-electron chi connectivity index (χ2n) is 6.71. The SMILES string of the molecule is O=C(CCCn1nnc(-c2ccccc2)n1)Nc1nc2cc3c(cc2s1)OCCO3. The number of ether oxygens (including phenoxy) is 2. The Morgan fingerprint density at radius 1 is 1.13 bits per heavy atom. The summed E-state index contributed by atoms with van der Waals surface area (Å²) >= 11 is 1.41. The number of carbonyl (C=O) groups is 1. The van der Waals surface area contributed by atoms with Gasteiger partial charge in [-0.1, -0.05) is 41.7 Å². The number of aryl methyl sites for hydroxylation is 1. The van der Waals surface area contributed by atoms with E-state index in [9.17, 15) is 4.79 Å². The number of anilines is 1. The van der Waals surface area contributed by atoms with Gasteiger partial charge in [0.2, 0.25) is 11.7 Å². The Balaban J connectivity index is 1.16. The van der Waals surface area contributed by atoms with Gasteiger partial charge in [0.1, 0.15) is 13.2 Å². The molecule has 9 nitrogen and oxygen atoms in total. The highest BCUT2D eigenvalue weighted by molar-refractivity contribution is 7.22. The van der Waals surface area contributed by atoms with Crippen molar-refractivity contribution in [3.8, 4) is 22.9 Å². The van der Waals surface area contributed by atoms with E-state index in [1.807, 2.05) is 42.5 Å². The number of nitrogens with one attached hydrogen (secondary N) is 1. The highest BCUT2D eigenvalue weighted by Crippen LogP contribution is 2.37. The van der Waals surface area contributed by atoms with Crippen molar-refractivity contribution in [1.82, 2.24) is 25.2 Å². The summed E-state index contributed by atoms with van der Waals surface area (Å²) in [4.78, 5) is 18.3. The molecule has 0 bridgehead atoms. The van der Waals surface area contributed by atoms with E-state index < -0.39 is 0 Å². The van der Waals surface area contributed by atoms with Crippen molar-refractivity contribution in [3.63, 3.8) is 0 Å². The molecule has 1 aliphatic heterocycles. The van der Waals surface area contributed by atoms with Crippen LogP contribution in [-0.4, -0.2) is 44.3 Å². The van der Waals surface area contributed by atoms with Gasteiger partial charge in [0, 0.05) is 24.1 Å². The van der Waals surface area contributed by atoms with Crippen LogP contribution in [0.3, 0.4) is 0 Å². The lowest BCUT2D eigenvalue weighted by atomic mass is 10.2. The fourth-order valence-corrected chi connectivity index (χ4v) is 4.01. The van der Waals surface area contributed by atoms with E-state index in [4.69, 9.17) is 9.47 Å². The molecule has 4 aromatic rings. The van der Waals surface area contributed by atoms with Crippen LogP contribution >= 0.6 is 11.3 Å². The molecule has 0 aliphatic carbocycles. The summed E-state index contributed by atoms with van der Waals surface area (Å²) in [6.07, 6.45) is 0.929. The fourth-order valence-electron chi connectivity index (χ4n) is 3.12. The van der Waals surface area contributed by atoms with E-state index in [-0.39, 0.29) is 5.91 Å². The molecular formula is C20H18N6O3S. The molecule has 10 heteroatoms. The Morgan fingerprint density at radius 3 is 2.77 bits per heavy atom. The van der Waals surface area contributed by atoms with Gasteiger partial charge in [0.25, 0.3) is 0 Å². The number of nitrogens with zero attached hydrogens (tertiary/aromatic N) is 5. The summed E-state index contributed by atoms with van der Waals surface area (Å²) in [5, 5.41) is 15.9. The summed E-state index contributed by atoms with van der Waals surface area (Å²) in [6, 6.07) is 13.4. The van der Waals surface area contributed by atoms with Crippen molar-refractivity contribution < 1.29 is 14.3 Å². The molecule has 0 saturated carbocycles. The van der Waals surface area contributed by atoms with Crippen LogP contribution < -0.4 is 14.8 Å². The average molecular weight is 422 g/mol. The van der Waals surface area contributed by atoms with Gasteiger partial charge in [0.05, 0.1) is 16.8 Å². The predicted molar refractivity (Wildman–Crippen MR) is 112 cm³/mol. The second-order valence-corrected chi connectivity index (χ2v) is 7.74. The van der Waals surface area contributed by atoms with E-state index in [1.165, 1.54) is 16.1 Å². The molecule has 0 atom stereocenters. The summed E-state index contributed by atoms with van der Waals surface area (Å²) in [7, 11) is 0. The summed E-state index contributed by atoms with van der Waals surface area (Å²) in [6.45, 7) is 1.57. The van der Waals surface area contributed by atoms with Crippen LogP contribution in [0.4, 0.5) is 5.13 Å². The third-order valence-corrected chi connectivity index (χ3v) is 5.48. The Labute approximate surface area is 175 Å². The van der Waals surface area contributed by atoms with Crippen LogP contribution in [0.25, 0.3) is 21.6 Å². The van der Waals surface area contributed by atoms with Gasteiger partial charge in [0.15, 0.2) is 16.6 Å². The van der Waals surface area contributed by atoms with E-state index >= 15 is 0 Å². The molecule has 2 aromatic carbocycles. The molecule has 5 rings (SSSR count). The molecule has 0 fully saturated rings. The van der Waals surface area contributed by atoms with Crippen LogP contribution in [0, 0.1) is 0 Å². The number of hydrogen-bond donors (Lipinski definition) is 1. The summed E-state index contributed by atoms with van der Waals surface area (Å²) in [5.74, 6) is 1.87. The first-order chi connectivity index (χ1) is 14.7. The molecular weight excluding hydrogens is 404 g/mol. The number of carbonyl (C=O) groups excluding carboxylic acids is 1. The zero-order valence-corrected chi connectivity index (χ0v) is 16.8. The first-order valence-electron chi connectivity index (χ1n) is 9.58. The number of amides is 1. The zero-order valence-electron chi connectivity index (χ0n) is 15.9. The van der Waals surface area contributed by atoms with Gasteiger partial charge in [-0.15, -0.1) is 10.2 Å². The number of fused-ring (bicyclic) bond motifs is 2. The van der Waals surface area contributed by atoms with Gasteiger partial charge >= 0.3 is 0 Å². The highest BCUT2D eigenvalue weighted by Gasteiger charge is 2.16. The molecule has 0 spiro atoms. The van der Waals surface area contributed by atoms with Crippen molar-refractivity contribution in [1.29, 1.82) is 0 Å². The Morgan fingerprint density at radius 2 is 1.93 bits per heavy atom. The first kappa shape index (κ1) is 18.5. The normalized spacial score (nSPS) is 12.8. The third-order valence-electron chi connectivity index (χ3n) is 4.55. The zero-order chi connectivity index (χ0) is 20.3. The van der Waals surface area contributed by atoms with Gasteiger partial charge in [-0.3, -0.25) is 4.79 Å². The number of tetrazole rings is 1. The standard InChI is InChI=1S/C20H18N6O3S/c27-18(7-4-8-26-24-19(23-25-26)13-5-2-1-3-6-13)22-20-21-14-11-15-16(12-17(14)30-20)29-10-9-28-15/h1-3,5-6,11-12H,4,7-10H2,(H,21,22,27). The van der Waals surface area contributed by atoms with Crippen molar-refractivity contribution in [2.24, 2.45) is 0 Å². The molecule has 3 heterocycles. The minimum Gasteiger partial charge on any atom is -0.486 e. The highest BCUT2D eigenvalue weighted by atomic mass is 32.1. The smallest absolute Gasteiger partial charge is 0.226 e. The van der Waals surface area contributed by atoms with Crippen molar-refractivity contribution >= 4 is 32.6 Å². The summed E-state index contributed by atoms with van der Waals surface area (Å²) < 4.78 is 12.1. The fraction of sp³-hybridized carbons (Fsp3) is 0.250. The molecule has 0 radical (unpaired) electrons. The van der Waals surface area contributed by atoms with Gasteiger partial charge < -0.3 is 14.8 Å². The average Bonchev–Trinajstić information content (AvgIpc) is 3.39. The largest absolute Gasteiger partial charge is 0.486 e. The monoisotopic (exact) mass is 422 g/mol. The van der Waals surface area contributed by atoms with Crippen molar-refractivity contribution in [2.75, 3.05) is 18.5 Å². The number of hydrogen-bond acceptors (Lipinski definition) is 8. The summed E-state index contributed by atoms with van der Waals surface area (Å²) in [5.41, 5.74) is 1.69. The number of benzene rings is 2. The molecule has 152 valence electrons. The molecule has 30 heavy (non-hydrogen) atoms. The Hall–Kier alpha value is -3.53.